The van der Waals surface area contributed by atoms with Crippen LogP contribution in [0, 0.1) is 0 Å². The highest BCUT2D eigenvalue weighted by Gasteiger charge is 2.29. The van der Waals surface area contributed by atoms with E-state index in [4.69, 9.17) is 27.9 Å². The molecule has 1 aliphatic heterocycles. The SMILES string of the molecule is COc1cccc(/C=C2/C(=O)N(c3ccc(Cl)c(Cl)c3)N=C2C)c1. The Labute approximate surface area is 149 Å². The number of benzene rings is 2. The fourth-order valence-corrected chi connectivity index (χ4v) is 2.67. The van der Waals surface area contributed by atoms with Gasteiger partial charge in [0.15, 0.2) is 0 Å². The Balaban J connectivity index is 1.95. The second-order valence-corrected chi connectivity index (χ2v) is 6.05. The summed E-state index contributed by atoms with van der Waals surface area (Å²) in [6.45, 7) is 1.79. The average Bonchev–Trinajstić information content (AvgIpc) is 2.86. The molecule has 0 atom stereocenters. The van der Waals surface area contributed by atoms with E-state index in [0.29, 0.717) is 27.0 Å². The predicted molar refractivity (Wildman–Crippen MR) is 98.0 cm³/mol. The minimum absolute atomic E-state index is 0.214. The second kappa shape index (κ2) is 6.67. The van der Waals surface area contributed by atoms with Crippen LogP contribution in [0.2, 0.25) is 10.0 Å². The number of amides is 1. The van der Waals surface area contributed by atoms with Crippen LogP contribution < -0.4 is 9.75 Å². The monoisotopic (exact) mass is 360 g/mol. The molecule has 3 rings (SSSR count). The third-order valence-electron chi connectivity index (χ3n) is 3.62. The smallest absolute Gasteiger partial charge is 0.280 e. The summed E-state index contributed by atoms with van der Waals surface area (Å²) in [5.74, 6) is 0.513. The first kappa shape index (κ1) is 16.6. The van der Waals surface area contributed by atoms with Crippen LogP contribution in [-0.2, 0) is 4.79 Å². The zero-order valence-corrected chi connectivity index (χ0v) is 14.6. The van der Waals surface area contributed by atoms with E-state index in [0.717, 1.165) is 11.3 Å². The Morgan fingerprint density at radius 3 is 2.62 bits per heavy atom. The molecule has 6 heteroatoms. The van der Waals surface area contributed by atoms with Crippen molar-refractivity contribution >= 4 is 46.6 Å². The van der Waals surface area contributed by atoms with Gasteiger partial charge in [-0.1, -0.05) is 35.3 Å². The summed E-state index contributed by atoms with van der Waals surface area (Å²) in [4.78, 5) is 12.7. The molecule has 1 amide bonds. The minimum Gasteiger partial charge on any atom is -0.497 e. The van der Waals surface area contributed by atoms with E-state index >= 15 is 0 Å². The van der Waals surface area contributed by atoms with Gasteiger partial charge >= 0.3 is 0 Å². The Bertz CT molecular complexity index is 875. The number of hydrogen-bond donors (Lipinski definition) is 0. The maximum atomic E-state index is 12.7. The number of nitrogens with zero attached hydrogens (tertiary/aromatic N) is 2. The first-order valence-corrected chi connectivity index (χ1v) is 7.96. The number of carbonyl (C=O) groups excluding carboxylic acids is 1. The lowest BCUT2D eigenvalue weighted by molar-refractivity contribution is -0.114. The molecule has 0 spiro atoms. The molecule has 1 heterocycles. The Morgan fingerprint density at radius 2 is 1.92 bits per heavy atom. The zero-order chi connectivity index (χ0) is 17.3. The van der Waals surface area contributed by atoms with Gasteiger partial charge in [0.25, 0.3) is 5.91 Å². The van der Waals surface area contributed by atoms with Crippen molar-refractivity contribution in [2.24, 2.45) is 5.10 Å². The quantitative estimate of drug-likeness (QED) is 0.737. The maximum absolute atomic E-state index is 12.7. The van der Waals surface area contributed by atoms with Crippen LogP contribution >= 0.6 is 23.2 Å². The lowest BCUT2D eigenvalue weighted by Crippen LogP contribution is -2.21. The van der Waals surface area contributed by atoms with Crippen molar-refractivity contribution in [3.63, 3.8) is 0 Å². The van der Waals surface area contributed by atoms with E-state index in [1.807, 2.05) is 24.3 Å². The molecule has 2 aromatic rings. The molecule has 0 saturated heterocycles. The molecular weight excluding hydrogens is 347 g/mol. The van der Waals surface area contributed by atoms with Crippen LogP contribution in [-0.4, -0.2) is 18.7 Å². The molecule has 0 aromatic heterocycles. The highest BCUT2D eigenvalue weighted by molar-refractivity contribution is 6.42. The van der Waals surface area contributed by atoms with E-state index < -0.39 is 0 Å². The van der Waals surface area contributed by atoms with Gasteiger partial charge in [-0.25, -0.2) is 0 Å². The largest absolute Gasteiger partial charge is 0.497 e. The molecule has 2 aromatic carbocycles. The topological polar surface area (TPSA) is 41.9 Å². The van der Waals surface area contributed by atoms with Gasteiger partial charge in [-0.2, -0.15) is 10.1 Å². The molecule has 4 nitrogen and oxygen atoms in total. The van der Waals surface area contributed by atoms with Gasteiger partial charge < -0.3 is 4.74 Å². The van der Waals surface area contributed by atoms with E-state index in [1.54, 1.807) is 38.3 Å². The minimum atomic E-state index is -0.214. The van der Waals surface area contributed by atoms with Gasteiger partial charge in [-0.15, -0.1) is 0 Å². The third-order valence-corrected chi connectivity index (χ3v) is 4.35. The summed E-state index contributed by atoms with van der Waals surface area (Å²) in [5, 5.41) is 6.46. The standard InChI is InChI=1S/C18H14Cl2N2O2/c1-11-15(9-12-4-3-5-14(8-12)24-2)18(23)22(21-11)13-6-7-16(19)17(20)10-13/h3-10H,1-2H3/b15-9+. The molecule has 122 valence electrons. The van der Waals surface area contributed by atoms with Gasteiger partial charge in [-0.05, 0) is 48.9 Å². The van der Waals surface area contributed by atoms with E-state index in [2.05, 4.69) is 5.10 Å². The van der Waals surface area contributed by atoms with Gasteiger partial charge in [0.2, 0.25) is 0 Å². The van der Waals surface area contributed by atoms with E-state index in [9.17, 15) is 4.79 Å². The highest BCUT2D eigenvalue weighted by Crippen LogP contribution is 2.31. The number of anilines is 1. The van der Waals surface area contributed by atoms with Crippen molar-refractivity contribution in [2.45, 2.75) is 6.92 Å². The molecule has 0 bridgehead atoms. The van der Waals surface area contributed by atoms with Gasteiger partial charge in [0.05, 0.1) is 34.1 Å². The van der Waals surface area contributed by atoms with Gasteiger partial charge in [0.1, 0.15) is 5.75 Å². The summed E-state index contributed by atoms with van der Waals surface area (Å²) in [5.41, 5.74) is 2.59. The highest BCUT2D eigenvalue weighted by atomic mass is 35.5. The molecule has 0 fully saturated rings. The molecular formula is C18H14Cl2N2O2. The summed E-state index contributed by atoms with van der Waals surface area (Å²) in [6, 6.07) is 12.4. The Hall–Kier alpha value is -2.30. The summed E-state index contributed by atoms with van der Waals surface area (Å²) in [7, 11) is 1.60. The second-order valence-electron chi connectivity index (χ2n) is 5.24. The van der Waals surface area contributed by atoms with Crippen molar-refractivity contribution in [3.8, 4) is 5.75 Å². The molecule has 0 saturated carbocycles. The molecule has 0 N–H and O–H groups in total. The van der Waals surface area contributed by atoms with Gasteiger partial charge in [-0.3, -0.25) is 4.79 Å². The number of methoxy groups -OCH3 is 1. The number of ether oxygens (including phenoxy) is 1. The molecule has 24 heavy (non-hydrogen) atoms. The summed E-state index contributed by atoms with van der Waals surface area (Å²) in [6.07, 6.45) is 1.79. The van der Waals surface area contributed by atoms with E-state index in [-0.39, 0.29) is 5.91 Å². The van der Waals surface area contributed by atoms with Crippen molar-refractivity contribution in [1.29, 1.82) is 0 Å². The van der Waals surface area contributed by atoms with Crippen LogP contribution in [0.15, 0.2) is 53.1 Å². The number of halogens is 2. The third kappa shape index (κ3) is 3.16. The Kier molecular flexibility index (Phi) is 4.60. The fourth-order valence-electron chi connectivity index (χ4n) is 2.37. The number of hydrogen-bond acceptors (Lipinski definition) is 3. The molecule has 0 unspecified atom stereocenters. The van der Waals surface area contributed by atoms with Crippen LogP contribution in [0.5, 0.6) is 5.75 Å². The average molecular weight is 361 g/mol. The normalized spacial score (nSPS) is 15.8. The predicted octanol–water partition coefficient (Wildman–Crippen LogP) is 4.81. The Morgan fingerprint density at radius 1 is 1.12 bits per heavy atom. The summed E-state index contributed by atoms with van der Waals surface area (Å²) >= 11 is 12.0. The van der Waals surface area contributed by atoms with Crippen molar-refractivity contribution in [1.82, 2.24) is 0 Å². The number of carbonyl (C=O) groups is 1. The van der Waals surface area contributed by atoms with Gasteiger partial charge in [0, 0.05) is 0 Å². The lowest BCUT2D eigenvalue weighted by atomic mass is 10.1. The van der Waals surface area contributed by atoms with Crippen molar-refractivity contribution < 1.29 is 9.53 Å². The number of hydrazone groups is 1. The molecule has 0 aliphatic carbocycles. The molecule has 0 radical (unpaired) electrons. The summed E-state index contributed by atoms with van der Waals surface area (Å²) < 4.78 is 5.21. The zero-order valence-electron chi connectivity index (χ0n) is 13.1. The first-order chi connectivity index (χ1) is 11.5. The van der Waals surface area contributed by atoms with Crippen LogP contribution in [0.4, 0.5) is 5.69 Å². The van der Waals surface area contributed by atoms with E-state index in [1.165, 1.54) is 5.01 Å². The van der Waals surface area contributed by atoms with Crippen LogP contribution in [0.25, 0.3) is 6.08 Å². The van der Waals surface area contributed by atoms with Crippen LogP contribution in [0.3, 0.4) is 0 Å². The lowest BCUT2D eigenvalue weighted by Gasteiger charge is -2.12. The van der Waals surface area contributed by atoms with Crippen LogP contribution in [0.1, 0.15) is 12.5 Å². The van der Waals surface area contributed by atoms with Crippen molar-refractivity contribution in [2.75, 3.05) is 12.1 Å². The fraction of sp³-hybridized carbons (Fsp3) is 0.111. The number of rotatable bonds is 3. The van der Waals surface area contributed by atoms with Crippen molar-refractivity contribution in [3.05, 3.63) is 63.6 Å². The maximum Gasteiger partial charge on any atom is 0.280 e. The molecule has 1 aliphatic rings. The first-order valence-electron chi connectivity index (χ1n) is 7.20.